The highest BCUT2D eigenvalue weighted by Crippen LogP contribution is 2.16. The van der Waals surface area contributed by atoms with Crippen LogP contribution < -0.4 is 0 Å². The van der Waals surface area contributed by atoms with E-state index >= 15 is 0 Å². The average molecular weight is 236 g/mol. The third-order valence-corrected chi connectivity index (χ3v) is 2.17. The molecule has 0 amide bonds. The zero-order valence-electron chi connectivity index (χ0n) is 5.57. The van der Waals surface area contributed by atoms with Crippen molar-refractivity contribution in [2.75, 3.05) is 0 Å². The van der Waals surface area contributed by atoms with Crippen LogP contribution in [0.4, 0.5) is 0 Å². The van der Waals surface area contributed by atoms with Crippen LogP contribution >= 0.6 is 22.6 Å². The minimum atomic E-state index is 1.01. The number of furan rings is 1. The fourth-order valence-corrected chi connectivity index (χ4v) is 1.66. The highest BCUT2D eigenvalue weighted by molar-refractivity contribution is 14.1. The maximum absolute atomic E-state index is 5.29. The molecule has 0 bridgehead atoms. The number of hydrogen-bond acceptors (Lipinski definition) is 1. The molecule has 0 aliphatic carbocycles. The summed E-state index contributed by atoms with van der Waals surface area (Å²) in [6, 6.07) is 2.09. The molecular weight excluding hydrogens is 227 g/mol. The normalized spacial score (nSPS) is 10.1. The first-order valence-electron chi connectivity index (χ1n) is 2.99. The Labute approximate surface area is 68.6 Å². The molecule has 0 atom stereocenters. The van der Waals surface area contributed by atoms with E-state index in [0.29, 0.717) is 0 Å². The van der Waals surface area contributed by atoms with Gasteiger partial charge in [-0.3, -0.25) is 0 Å². The standard InChI is InChI=1S/C7H9IO/c1-3-6-4-5(2)9-7(6)8/h4H,3H2,1-2H3. The molecular formula is C7H9IO. The highest BCUT2D eigenvalue weighted by atomic mass is 127. The van der Waals surface area contributed by atoms with Crippen molar-refractivity contribution < 1.29 is 4.42 Å². The van der Waals surface area contributed by atoms with Crippen molar-refractivity contribution in [3.05, 3.63) is 21.2 Å². The summed E-state index contributed by atoms with van der Waals surface area (Å²) in [5, 5.41) is 0. The molecule has 0 saturated heterocycles. The van der Waals surface area contributed by atoms with Gasteiger partial charge in [-0.25, -0.2) is 0 Å². The van der Waals surface area contributed by atoms with Gasteiger partial charge in [0.2, 0.25) is 0 Å². The smallest absolute Gasteiger partial charge is 0.167 e. The summed E-state index contributed by atoms with van der Waals surface area (Å²) in [7, 11) is 0. The summed E-state index contributed by atoms with van der Waals surface area (Å²) in [6.07, 6.45) is 1.07. The molecule has 1 heterocycles. The Bertz CT molecular complexity index is 203. The maximum Gasteiger partial charge on any atom is 0.167 e. The molecule has 50 valence electrons. The van der Waals surface area contributed by atoms with Gasteiger partial charge >= 0.3 is 0 Å². The lowest BCUT2D eigenvalue weighted by Gasteiger charge is -1.84. The van der Waals surface area contributed by atoms with E-state index in [9.17, 15) is 0 Å². The molecule has 1 aromatic rings. The van der Waals surface area contributed by atoms with Crippen LogP contribution in [-0.4, -0.2) is 0 Å². The Kier molecular flexibility index (Phi) is 2.16. The van der Waals surface area contributed by atoms with Gasteiger partial charge < -0.3 is 4.42 Å². The van der Waals surface area contributed by atoms with Crippen molar-refractivity contribution in [3.8, 4) is 0 Å². The topological polar surface area (TPSA) is 13.1 Å². The Hall–Kier alpha value is 0.01000. The van der Waals surface area contributed by atoms with Gasteiger partial charge in [0.15, 0.2) is 3.77 Å². The Morgan fingerprint density at radius 3 is 2.56 bits per heavy atom. The predicted molar refractivity (Wildman–Crippen MR) is 45.5 cm³/mol. The molecule has 0 spiro atoms. The zero-order valence-corrected chi connectivity index (χ0v) is 7.73. The third-order valence-electron chi connectivity index (χ3n) is 1.26. The number of hydrogen-bond donors (Lipinski definition) is 0. The van der Waals surface area contributed by atoms with Crippen molar-refractivity contribution >= 4 is 22.6 Å². The van der Waals surface area contributed by atoms with E-state index in [0.717, 1.165) is 15.9 Å². The van der Waals surface area contributed by atoms with Crippen LogP contribution in [0, 0.1) is 10.7 Å². The number of halogens is 1. The molecule has 9 heavy (non-hydrogen) atoms. The molecule has 1 rings (SSSR count). The fourth-order valence-electron chi connectivity index (χ4n) is 0.779. The van der Waals surface area contributed by atoms with Gasteiger partial charge in [0, 0.05) is 5.56 Å². The van der Waals surface area contributed by atoms with E-state index < -0.39 is 0 Å². The van der Waals surface area contributed by atoms with Crippen LogP contribution in [0.3, 0.4) is 0 Å². The van der Waals surface area contributed by atoms with Crippen molar-refractivity contribution in [1.29, 1.82) is 0 Å². The van der Waals surface area contributed by atoms with Crippen LogP contribution in [0.1, 0.15) is 18.2 Å². The van der Waals surface area contributed by atoms with Gasteiger partial charge in [-0.15, -0.1) is 0 Å². The Balaban J connectivity index is 3.01. The molecule has 1 aromatic heterocycles. The molecule has 0 aliphatic rings. The summed E-state index contributed by atoms with van der Waals surface area (Å²) in [5.74, 6) is 1.01. The lowest BCUT2D eigenvalue weighted by Crippen LogP contribution is -1.74. The maximum atomic E-state index is 5.29. The summed E-state index contributed by atoms with van der Waals surface area (Å²) in [6.45, 7) is 4.10. The highest BCUT2D eigenvalue weighted by Gasteiger charge is 2.01. The van der Waals surface area contributed by atoms with E-state index in [4.69, 9.17) is 4.42 Å². The summed E-state index contributed by atoms with van der Waals surface area (Å²) in [5.41, 5.74) is 1.31. The molecule has 0 radical (unpaired) electrons. The second-order valence-electron chi connectivity index (χ2n) is 2.01. The summed E-state index contributed by atoms with van der Waals surface area (Å²) in [4.78, 5) is 0. The minimum Gasteiger partial charge on any atom is -0.455 e. The van der Waals surface area contributed by atoms with Crippen molar-refractivity contribution in [1.82, 2.24) is 0 Å². The van der Waals surface area contributed by atoms with Crippen LogP contribution in [-0.2, 0) is 6.42 Å². The van der Waals surface area contributed by atoms with Crippen LogP contribution in [0.15, 0.2) is 10.5 Å². The third kappa shape index (κ3) is 1.47. The first-order chi connectivity index (χ1) is 4.24. The summed E-state index contributed by atoms with van der Waals surface area (Å²) >= 11 is 2.21. The molecule has 0 saturated carbocycles. The lowest BCUT2D eigenvalue weighted by atomic mass is 10.2. The van der Waals surface area contributed by atoms with Gasteiger partial charge in [0.25, 0.3) is 0 Å². The van der Waals surface area contributed by atoms with E-state index in [1.807, 2.05) is 6.92 Å². The van der Waals surface area contributed by atoms with E-state index in [2.05, 4.69) is 35.6 Å². The first kappa shape index (κ1) is 7.12. The number of rotatable bonds is 1. The lowest BCUT2D eigenvalue weighted by molar-refractivity contribution is 0.504. The van der Waals surface area contributed by atoms with E-state index in [1.54, 1.807) is 0 Å². The Morgan fingerprint density at radius 1 is 1.67 bits per heavy atom. The second kappa shape index (κ2) is 2.73. The molecule has 0 unspecified atom stereocenters. The van der Waals surface area contributed by atoms with Crippen LogP contribution in [0.5, 0.6) is 0 Å². The van der Waals surface area contributed by atoms with Crippen LogP contribution in [0.2, 0.25) is 0 Å². The number of aryl methyl sites for hydroxylation is 2. The largest absolute Gasteiger partial charge is 0.455 e. The monoisotopic (exact) mass is 236 g/mol. The minimum absolute atomic E-state index is 1.01. The van der Waals surface area contributed by atoms with Gasteiger partial charge in [-0.1, -0.05) is 6.92 Å². The van der Waals surface area contributed by atoms with E-state index in [-0.39, 0.29) is 0 Å². The SMILES string of the molecule is CCc1cc(C)oc1I. The van der Waals surface area contributed by atoms with Gasteiger partial charge in [-0.2, -0.15) is 0 Å². The quantitative estimate of drug-likeness (QED) is 0.683. The zero-order chi connectivity index (χ0) is 6.85. The Morgan fingerprint density at radius 2 is 2.33 bits per heavy atom. The molecule has 0 fully saturated rings. The molecule has 0 N–H and O–H groups in total. The fraction of sp³-hybridized carbons (Fsp3) is 0.429. The van der Waals surface area contributed by atoms with Crippen LogP contribution in [0.25, 0.3) is 0 Å². The molecule has 1 nitrogen and oxygen atoms in total. The van der Waals surface area contributed by atoms with Gasteiger partial charge in [0.1, 0.15) is 5.76 Å². The van der Waals surface area contributed by atoms with Gasteiger partial charge in [-0.05, 0) is 42.0 Å². The van der Waals surface area contributed by atoms with Gasteiger partial charge in [0.05, 0.1) is 0 Å². The van der Waals surface area contributed by atoms with E-state index in [1.165, 1.54) is 5.56 Å². The van der Waals surface area contributed by atoms with Crippen molar-refractivity contribution in [3.63, 3.8) is 0 Å². The molecule has 0 aliphatic heterocycles. The van der Waals surface area contributed by atoms with Crippen molar-refractivity contribution in [2.45, 2.75) is 20.3 Å². The molecule has 0 aromatic carbocycles. The predicted octanol–water partition coefficient (Wildman–Crippen LogP) is 2.76. The molecule has 2 heteroatoms. The first-order valence-corrected chi connectivity index (χ1v) is 4.06. The average Bonchev–Trinajstić information content (AvgIpc) is 2.10. The van der Waals surface area contributed by atoms with Crippen molar-refractivity contribution in [2.24, 2.45) is 0 Å². The second-order valence-corrected chi connectivity index (χ2v) is 2.99. The summed E-state index contributed by atoms with van der Waals surface area (Å²) < 4.78 is 6.33.